The quantitative estimate of drug-likeness (QED) is 0.658. The van der Waals surface area contributed by atoms with Crippen LogP contribution >= 0.6 is 0 Å². The van der Waals surface area contributed by atoms with Crippen LogP contribution in [-0.4, -0.2) is 11.1 Å². The summed E-state index contributed by atoms with van der Waals surface area (Å²) in [5.74, 6) is -1.20. The van der Waals surface area contributed by atoms with E-state index in [1.165, 1.54) is 18.2 Å². The first-order valence-corrected chi connectivity index (χ1v) is 6.56. The number of carboxylic acid groups (broad SMARTS) is 1. The van der Waals surface area contributed by atoms with Crippen LogP contribution in [0.5, 0.6) is 0 Å². The molecule has 106 valence electrons. The molecule has 0 spiro atoms. The lowest BCUT2D eigenvalue weighted by Crippen LogP contribution is -1.85. The van der Waals surface area contributed by atoms with Crippen molar-refractivity contribution in [1.82, 2.24) is 0 Å². The summed E-state index contributed by atoms with van der Waals surface area (Å²) in [4.78, 5) is 10.3. The fourth-order valence-corrected chi connectivity index (χ4v) is 1.90. The fraction of sp³-hybridized carbons (Fsp3) is 0.0556. The van der Waals surface area contributed by atoms with Crippen molar-refractivity contribution in [3.8, 4) is 11.1 Å². The summed E-state index contributed by atoms with van der Waals surface area (Å²) in [6, 6.07) is 14.4. The molecule has 0 aliphatic carbocycles. The van der Waals surface area contributed by atoms with Crippen molar-refractivity contribution in [2.24, 2.45) is 0 Å². The molecule has 3 heteroatoms. The van der Waals surface area contributed by atoms with Crippen molar-refractivity contribution in [3.05, 3.63) is 84.2 Å². The minimum absolute atomic E-state index is 0.241. The Morgan fingerprint density at radius 1 is 0.952 bits per heavy atom. The topological polar surface area (TPSA) is 37.3 Å². The van der Waals surface area contributed by atoms with Gasteiger partial charge in [-0.05, 0) is 35.2 Å². The summed E-state index contributed by atoms with van der Waals surface area (Å²) in [7, 11) is 0. The highest BCUT2D eigenvalue weighted by atomic mass is 19.1. The van der Waals surface area contributed by atoms with Crippen molar-refractivity contribution in [2.45, 2.75) is 6.42 Å². The average Bonchev–Trinajstić information content (AvgIpc) is 2.48. The number of allylic oxidation sites excluding steroid dienone is 3. The van der Waals surface area contributed by atoms with Crippen molar-refractivity contribution >= 4 is 5.97 Å². The number of hydrogen-bond acceptors (Lipinski definition) is 1. The lowest BCUT2D eigenvalue weighted by Gasteiger charge is -2.03. The van der Waals surface area contributed by atoms with Gasteiger partial charge >= 0.3 is 5.97 Å². The van der Waals surface area contributed by atoms with E-state index in [1.54, 1.807) is 18.2 Å². The Balaban J connectivity index is 1.99. The van der Waals surface area contributed by atoms with Gasteiger partial charge in [0, 0.05) is 6.08 Å². The maximum Gasteiger partial charge on any atom is 0.328 e. The lowest BCUT2D eigenvalue weighted by atomic mass is 10.0. The molecule has 0 amide bonds. The van der Waals surface area contributed by atoms with Crippen LogP contribution in [0.15, 0.2) is 72.8 Å². The Kier molecular flexibility index (Phi) is 5.04. The molecule has 0 bridgehead atoms. The van der Waals surface area contributed by atoms with Crippen LogP contribution in [-0.2, 0) is 11.2 Å². The third kappa shape index (κ3) is 4.73. The minimum Gasteiger partial charge on any atom is -0.478 e. The highest BCUT2D eigenvalue weighted by molar-refractivity contribution is 5.80. The molecular weight excluding hydrogens is 267 g/mol. The highest BCUT2D eigenvalue weighted by Gasteiger charge is 1.98. The third-order valence-corrected chi connectivity index (χ3v) is 2.97. The van der Waals surface area contributed by atoms with Gasteiger partial charge < -0.3 is 5.11 Å². The first-order chi connectivity index (χ1) is 10.1. The van der Waals surface area contributed by atoms with Gasteiger partial charge in [0.2, 0.25) is 0 Å². The second-order valence-electron chi connectivity index (χ2n) is 4.53. The molecule has 21 heavy (non-hydrogen) atoms. The monoisotopic (exact) mass is 282 g/mol. The van der Waals surface area contributed by atoms with E-state index in [2.05, 4.69) is 0 Å². The van der Waals surface area contributed by atoms with Crippen molar-refractivity contribution < 1.29 is 14.3 Å². The van der Waals surface area contributed by atoms with E-state index in [4.69, 9.17) is 5.11 Å². The number of aliphatic carboxylic acids is 1. The summed E-state index contributed by atoms with van der Waals surface area (Å²) < 4.78 is 12.9. The van der Waals surface area contributed by atoms with Gasteiger partial charge in [-0.3, -0.25) is 0 Å². The van der Waals surface area contributed by atoms with Gasteiger partial charge in [0.25, 0.3) is 0 Å². The van der Waals surface area contributed by atoms with Gasteiger partial charge in [0.05, 0.1) is 0 Å². The van der Waals surface area contributed by atoms with Gasteiger partial charge in [-0.1, -0.05) is 54.6 Å². The zero-order valence-electron chi connectivity index (χ0n) is 11.4. The van der Waals surface area contributed by atoms with Gasteiger partial charge in [-0.25, -0.2) is 9.18 Å². The van der Waals surface area contributed by atoms with Crippen molar-refractivity contribution in [2.75, 3.05) is 0 Å². The maximum atomic E-state index is 12.9. The molecule has 0 aromatic heterocycles. The molecule has 2 nitrogen and oxygen atoms in total. The molecule has 0 fully saturated rings. The summed E-state index contributed by atoms with van der Waals surface area (Å²) in [6.07, 6.45) is 6.92. The van der Waals surface area contributed by atoms with Gasteiger partial charge in [0.1, 0.15) is 5.82 Å². The normalized spacial score (nSPS) is 11.3. The number of hydrogen-bond donors (Lipinski definition) is 1. The third-order valence-electron chi connectivity index (χ3n) is 2.97. The Labute approximate surface area is 122 Å². The largest absolute Gasteiger partial charge is 0.478 e. The zero-order chi connectivity index (χ0) is 15.1. The van der Waals surface area contributed by atoms with Crippen LogP contribution in [0.1, 0.15) is 5.56 Å². The van der Waals surface area contributed by atoms with E-state index in [0.29, 0.717) is 0 Å². The minimum atomic E-state index is -0.955. The number of carboxylic acids is 1. The first kappa shape index (κ1) is 14.7. The molecule has 0 aliphatic rings. The zero-order valence-corrected chi connectivity index (χ0v) is 11.4. The SMILES string of the molecule is O=C(O)C=CC=CCc1ccc(-c2ccc(F)cc2)cc1. The molecule has 1 N–H and O–H groups in total. The van der Waals surface area contributed by atoms with Crippen LogP contribution in [0.4, 0.5) is 4.39 Å². The Morgan fingerprint density at radius 3 is 2.10 bits per heavy atom. The van der Waals surface area contributed by atoms with Crippen LogP contribution in [0.25, 0.3) is 11.1 Å². The maximum absolute atomic E-state index is 12.9. The highest BCUT2D eigenvalue weighted by Crippen LogP contribution is 2.20. The molecule has 0 heterocycles. The Hall–Kier alpha value is -2.68. The van der Waals surface area contributed by atoms with E-state index < -0.39 is 5.97 Å². The molecule has 0 unspecified atom stereocenters. The second kappa shape index (κ2) is 7.20. The van der Waals surface area contributed by atoms with E-state index in [0.717, 1.165) is 29.2 Å². The predicted molar refractivity (Wildman–Crippen MR) is 81.5 cm³/mol. The summed E-state index contributed by atoms with van der Waals surface area (Å²) in [5.41, 5.74) is 3.14. The Bertz CT molecular complexity index is 653. The molecule has 0 saturated carbocycles. The van der Waals surface area contributed by atoms with E-state index in [9.17, 15) is 9.18 Å². The number of rotatable bonds is 5. The number of carbonyl (C=O) groups is 1. The molecule has 2 aromatic rings. The molecule has 0 radical (unpaired) electrons. The van der Waals surface area contributed by atoms with Gasteiger partial charge in [0.15, 0.2) is 0 Å². The van der Waals surface area contributed by atoms with E-state index in [-0.39, 0.29) is 5.82 Å². The molecule has 0 saturated heterocycles. The Morgan fingerprint density at radius 2 is 1.52 bits per heavy atom. The smallest absolute Gasteiger partial charge is 0.328 e. The lowest BCUT2D eigenvalue weighted by molar-refractivity contribution is -0.131. The average molecular weight is 282 g/mol. The predicted octanol–water partition coefficient (Wildman–Crippen LogP) is 4.23. The summed E-state index contributed by atoms with van der Waals surface area (Å²) >= 11 is 0. The van der Waals surface area contributed by atoms with Crippen LogP contribution in [0, 0.1) is 5.82 Å². The fourth-order valence-electron chi connectivity index (χ4n) is 1.90. The van der Waals surface area contributed by atoms with E-state index in [1.807, 2.05) is 30.3 Å². The molecule has 2 rings (SSSR count). The second-order valence-corrected chi connectivity index (χ2v) is 4.53. The van der Waals surface area contributed by atoms with Crippen LogP contribution < -0.4 is 0 Å². The molecule has 0 aliphatic heterocycles. The standard InChI is InChI=1S/C18H15FO2/c19-17-12-10-16(11-13-17)15-8-6-14(7-9-15)4-2-1-3-5-18(20)21/h1-3,5-13H,4H2,(H,20,21). The van der Waals surface area contributed by atoms with Gasteiger partial charge in [-0.15, -0.1) is 0 Å². The van der Waals surface area contributed by atoms with Crippen LogP contribution in [0.3, 0.4) is 0 Å². The van der Waals surface area contributed by atoms with Crippen LogP contribution in [0.2, 0.25) is 0 Å². The molecule has 0 atom stereocenters. The van der Waals surface area contributed by atoms with E-state index >= 15 is 0 Å². The van der Waals surface area contributed by atoms with Crippen molar-refractivity contribution in [3.63, 3.8) is 0 Å². The number of benzene rings is 2. The first-order valence-electron chi connectivity index (χ1n) is 6.56. The summed E-state index contributed by atoms with van der Waals surface area (Å²) in [5, 5.41) is 8.44. The summed E-state index contributed by atoms with van der Waals surface area (Å²) in [6.45, 7) is 0. The molecule has 2 aromatic carbocycles. The van der Waals surface area contributed by atoms with Crippen molar-refractivity contribution in [1.29, 1.82) is 0 Å². The number of halogens is 1. The van der Waals surface area contributed by atoms with Gasteiger partial charge in [-0.2, -0.15) is 0 Å². The molecular formula is C18H15FO2.